The van der Waals surface area contributed by atoms with E-state index in [0.717, 1.165) is 25.9 Å². The Labute approximate surface area is 163 Å². The topological polar surface area (TPSA) is 78.8 Å². The molecule has 0 amide bonds. The average molecular weight is 389 g/mol. The number of nitrogens with two attached hydrogens (primary N) is 1. The molecular weight excluding hydrogens is 366 g/mol. The molecule has 2 aromatic carbocycles. The van der Waals surface area contributed by atoms with Crippen LogP contribution in [0.25, 0.3) is 0 Å². The first kappa shape index (κ1) is 18.2. The third-order valence-electron chi connectivity index (χ3n) is 5.65. The van der Waals surface area contributed by atoms with Crippen molar-refractivity contribution in [3.05, 3.63) is 63.5 Å². The number of halogens is 1. The zero-order valence-electron chi connectivity index (χ0n) is 14.9. The smallest absolute Gasteiger partial charge is 0.318 e. The van der Waals surface area contributed by atoms with E-state index in [1.54, 1.807) is 6.07 Å². The predicted molar refractivity (Wildman–Crippen MR) is 103 cm³/mol. The molecule has 3 N–H and O–H groups in total. The van der Waals surface area contributed by atoms with E-state index in [1.165, 1.54) is 23.3 Å². The molecule has 7 heteroatoms. The molecule has 4 rings (SSSR count). The van der Waals surface area contributed by atoms with Crippen LogP contribution in [0.15, 0.2) is 42.5 Å². The van der Waals surface area contributed by atoms with Gasteiger partial charge in [0.2, 0.25) is 0 Å². The fourth-order valence-electron chi connectivity index (χ4n) is 4.20. The van der Waals surface area contributed by atoms with Gasteiger partial charge in [-0.3, -0.25) is 4.90 Å². The summed E-state index contributed by atoms with van der Waals surface area (Å²) in [7, 11) is 0. The minimum atomic E-state index is -0.208. The number of nitrogens with zero attached hydrogens (tertiary/aromatic N) is 2. The lowest BCUT2D eigenvalue weighted by molar-refractivity contribution is -0.729. The Morgan fingerprint density at radius 1 is 1.30 bits per heavy atom. The summed E-state index contributed by atoms with van der Waals surface area (Å²) < 4.78 is 6.35. The van der Waals surface area contributed by atoms with Crippen molar-refractivity contribution in [3.63, 3.8) is 0 Å². The number of hydrogen-bond acceptors (Lipinski definition) is 4. The Hall–Kier alpha value is -2.15. The summed E-state index contributed by atoms with van der Waals surface area (Å²) in [6.07, 6.45) is 1.90. The summed E-state index contributed by atoms with van der Waals surface area (Å²) >= 11 is 6.30. The third kappa shape index (κ3) is 3.52. The molecule has 0 saturated carbocycles. The molecule has 3 atom stereocenters. The van der Waals surface area contributed by atoms with Crippen LogP contribution in [0.3, 0.4) is 0 Å². The molecule has 1 aliphatic heterocycles. The largest absolute Gasteiger partial charge is 0.482 e. The summed E-state index contributed by atoms with van der Waals surface area (Å²) in [6, 6.07) is 13.1. The lowest BCUT2D eigenvalue weighted by Crippen LogP contribution is -2.39. The zero-order valence-corrected chi connectivity index (χ0v) is 15.7. The van der Waals surface area contributed by atoms with Crippen molar-refractivity contribution in [2.45, 2.75) is 25.0 Å². The van der Waals surface area contributed by atoms with Crippen molar-refractivity contribution in [3.8, 4) is 5.75 Å². The van der Waals surface area contributed by atoms with Crippen molar-refractivity contribution < 1.29 is 14.9 Å². The minimum absolute atomic E-state index is 0.0704. The van der Waals surface area contributed by atoms with Crippen molar-refractivity contribution in [1.29, 1.82) is 0 Å². The average Bonchev–Trinajstić information content (AvgIpc) is 3.28. The van der Waals surface area contributed by atoms with Crippen LogP contribution in [-0.4, -0.2) is 40.7 Å². The molecule has 142 valence electrons. The highest BCUT2D eigenvalue weighted by Crippen LogP contribution is 2.41. The minimum Gasteiger partial charge on any atom is -0.482 e. The van der Waals surface area contributed by atoms with E-state index in [1.807, 2.05) is 6.07 Å². The highest BCUT2D eigenvalue weighted by molar-refractivity contribution is 6.32. The van der Waals surface area contributed by atoms with E-state index in [0.29, 0.717) is 23.2 Å². The molecule has 0 aromatic heterocycles. The number of ether oxygens (including phenoxy) is 1. The van der Waals surface area contributed by atoms with Crippen LogP contribution in [-0.2, 0) is 6.42 Å². The van der Waals surface area contributed by atoms with Gasteiger partial charge in [0.25, 0.3) is 4.92 Å². The summed E-state index contributed by atoms with van der Waals surface area (Å²) in [5, 5.41) is 9.35. The summed E-state index contributed by atoms with van der Waals surface area (Å²) in [5.41, 5.74) is 8.40. The fraction of sp³-hybridized carbons (Fsp3) is 0.400. The number of benzene rings is 2. The molecule has 0 unspecified atom stereocenters. The highest BCUT2D eigenvalue weighted by atomic mass is 35.5. The number of hydrogen-bond donors (Lipinski definition) is 2. The van der Waals surface area contributed by atoms with Gasteiger partial charge in [0, 0.05) is 18.7 Å². The van der Waals surface area contributed by atoms with E-state index in [2.05, 4.69) is 23.1 Å². The zero-order chi connectivity index (χ0) is 19.0. The van der Waals surface area contributed by atoms with Gasteiger partial charge in [0.15, 0.2) is 0 Å². The van der Waals surface area contributed by atoms with Crippen molar-refractivity contribution >= 4 is 17.3 Å². The summed E-state index contributed by atoms with van der Waals surface area (Å²) in [5.74, 6) is 1.04. The molecule has 2 aromatic rings. The van der Waals surface area contributed by atoms with Crippen molar-refractivity contribution in [1.82, 2.24) is 4.90 Å². The van der Waals surface area contributed by atoms with Gasteiger partial charge in [-0.2, -0.15) is 0 Å². The van der Waals surface area contributed by atoms with E-state index in [-0.39, 0.29) is 22.8 Å². The normalized spacial score (nSPS) is 24.7. The van der Waals surface area contributed by atoms with E-state index >= 15 is 0 Å². The van der Waals surface area contributed by atoms with E-state index < -0.39 is 0 Å². The van der Waals surface area contributed by atoms with Crippen molar-refractivity contribution in [2.75, 3.05) is 19.6 Å². The number of fused-ring (bicyclic) bond motifs is 1. The first-order valence-electron chi connectivity index (χ1n) is 9.21. The monoisotopic (exact) mass is 388 g/mol. The lowest BCUT2D eigenvalue weighted by Gasteiger charge is -2.30. The maximum Gasteiger partial charge on any atom is 0.318 e. The van der Waals surface area contributed by atoms with Crippen LogP contribution in [0.5, 0.6) is 5.75 Å². The second kappa shape index (κ2) is 7.46. The Bertz CT molecular complexity index is 860. The Morgan fingerprint density at radius 2 is 2.11 bits per heavy atom. The van der Waals surface area contributed by atoms with Gasteiger partial charge in [-0.05, 0) is 49.0 Å². The molecule has 1 saturated heterocycles. The molecule has 0 radical (unpaired) electrons. The van der Waals surface area contributed by atoms with Gasteiger partial charge in [-0.15, -0.1) is 0 Å². The van der Waals surface area contributed by atoms with E-state index in [4.69, 9.17) is 27.3 Å². The molecule has 1 fully saturated rings. The Kier molecular flexibility index (Phi) is 5.04. The van der Waals surface area contributed by atoms with Gasteiger partial charge < -0.3 is 10.5 Å². The molecule has 0 bridgehead atoms. The molecule has 2 aliphatic rings. The maximum absolute atomic E-state index is 11.1. The van der Waals surface area contributed by atoms with Crippen LogP contribution in [0.2, 0.25) is 5.02 Å². The molecular formula is C20H23ClN3O3+. The van der Waals surface area contributed by atoms with Gasteiger partial charge in [0.1, 0.15) is 11.9 Å². The van der Waals surface area contributed by atoms with Crippen LogP contribution in [0.1, 0.15) is 23.7 Å². The second-order valence-corrected chi connectivity index (χ2v) is 7.69. The van der Waals surface area contributed by atoms with Crippen molar-refractivity contribution in [2.24, 2.45) is 11.7 Å². The van der Waals surface area contributed by atoms with Crippen LogP contribution in [0.4, 0.5) is 5.69 Å². The first-order valence-corrected chi connectivity index (χ1v) is 9.59. The first-order chi connectivity index (χ1) is 13.1. The third-order valence-corrected chi connectivity index (χ3v) is 5.95. The fourth-order valence-corrected chi connectivity index (χ4v) is 4.42. The second-order valence-electron chi connectivity index (χ2n) is 7.28. The predicted octanol–water partition coefficient (Wildman–Crippen LogP) is 3.47. The Balaban J connectivity index is 1.62. The van der Waals surface area contributed by atoms with Gasteiger partial charge in [-0.1, -0.05) is 35.9 Å². The van der Waals surface area contributed by atoms with Crippen LogP contribution < -0.4 is 10.5 Å². The summed E-state index contributed by atoms with van der Waals surface area (Å²) in [6.45, 7) is 2.71. The lowest BCUT2D eigenvalue weighted by atomic mass is 10.1. The number of likely N-dealkylation sites (tertiary alicyclic amines) is 1. The van der Waals surface area contributed by atoms with Crippen LogP contribution in [0, 0.1) is 10.8 Å². The molecule has 0 spiro atoms. The molecule has 1 heterocycles. The SMILES string of the molecule is NC[C@@H]1CCN([C@@H]2Cc3ccccc3[C@H]2Oc2ccc([N+](=O)O)cc2Cl)C1. The summed E-state index contributed by atoms with van der Waals surface area (Å²) in [4.78, 5) is 13.3. The van der Waals surface area contributed by atoms with Gasteiger partial charge in [-0.25, -0.2) is 5.21 Å². The standard InChI is InChI=1S/C20H23ClN3O3/c21-17-10-15(24(25)26)5-6-19(17)27-20-16-4-2-1-3-14(16)9-18(20)23-8-7-13(11-22)12-23/h1-6,10,13,18,20H,7-9,11-12,22H2,(H,25,26)/q+1/t13-,18+,20+/m0/s1. The highest BCUT2D eigenvalue weighted by Gasteiger charge is 2.40. The quantitative estimate of drug-likeness (QED) is 0.767. The van der Waals surface area contributed by atoms with Crippen LogP contribution >= 0.6 is 11.6 Å². The maximum atomic E-state index is 11.1. The number of rotatable bonds is 5. The van der Waals surface area contributed by atoms with Gasteiger partial charge >= 0.3 is 5.69 Å². The Morgan fingerprint density at radius 3 is 2.81 bits per heavy atom. The molecule has 1 aliphatic carbocycles. The molecule has 6 nitrogen and oxygen atoms in total. The molecule has 27 heavy (non-hydrogen) atoms. The van der Waals surface area contributed by atoms with Gasteiger partial charge in [0.05, 0.1) is 16.0 Å². The van der Waals surface area contributed by atoms with E-state index in [9.17, 15) is 4.91 Å².